The summed E-state index contributed by atoms with van der Waals surface area (Å²) in [4.78, 5) is 37.8. The molecule has 2 fully saturated rings. The van der Waals surface area contributed by atoms with Crippen molar-refractivity contribution in [1.82, 2.24) is 14.9 Å². The second-order valence-electron chi connectivity index (χ2n) is 8.72. The molecule has 0 aliphatic carbocycles. The van der Waals surface area contributed by atoms with Gasteiger partial charge in [-0.05, 0) is 32.6 Å². The molecule has 0 bridgehead atoms. The number of anilines is 3. The van der Waals surface area contributed by atoms with Crippen molar-refractivity contribution in [2.45, 2.75) is 64.8 Å². The summed E-state index contributed by atoms with van der Waals surface area (Å²) >= 11 is 0. The lowest BCUT2D eigenvalue weighted by atomic mass is 9.99. The zero-order valence-corrected chi connectivity index (χ0v) is 17.7. The van der Waals surface area contributed by atoms with Crippen molar-refractivity contribution in [1.29, 1.82) is 0 Å². The normalized spacial score (nSPS) is 27.0. The number of carbonyl (C=O) groups excluding carboxylic acids is 2. The SMILES string of the molecule is Cc1nc(NC2CN(C(=O)C3CCC(C)O3)C2)nc2c1NC(=O)C(C(C)C)N2C. The highest BCUT2D eigenvalue weighted by molar-refractivity contribution is 6.03. The molecule has 4 rings (SSSR count). The third kappa shape index (κ3) is 3.63. The number of carbonyl (C=O) groups is 2. The van der Waals surface area contributed by atoms with E-state index in [1.54, 1.807) is 0 Å². The molecule has 3 unspecified atom stereocenters. The van der Waals surface area contributed by atoms with E-state index in [9.17, 15) is 9.59 Å². The summed E-state index contributed by atoms with van der Waals surface area (Å²) in [7, 11) is 1.89. The molecule has 29 heavy (non-hydrogen) atoms. The summed E-state index contributed by atoms with van der Waals surface area (Å²) in [6.07, 6.45) is 1.61. The van der Waals surface area contributed by atoms with Gasteiger partial charge in [-0.15, -0.1) is 0 Å². The molecule has 0 aromatic carbocycles. The molecule has 9 nitrogen and oxygen atoms in total. The fourth-order valence-electron chi connectivity index (χ4n) is 4.40. The zero-order chi connectivity index (χ0) is 20.9. The number of ether oxygens (including phenoxy) is 1. The predicted molar refractivity (Wildman–Crippen MR) is 110 cm³/mol. The third-order valence-corrected chi connectivity index (χ3v) is 6.00. The maximum atomic E-state index is 12.5. The molecule has 1 aromatic rings. The Bertz CT molecular complexity index is 823. The van der Waals surface area contributed by atoms with Gasteiger partial charge in [0.15, 0.2) is 5.82 Å². The highest BCUT2D eigenvalue weighted by Crippen LogP contribution is 2.34. The number of hydrogen-bond donors (Lipinski definition) is 2. The molecule has 0 saturated carbocycles. The quantitative estimate of drug-likeness (QED) is 0.785. The van der Waals surface area contributed by atoms with Crippen molar-refractivity contribution in [3.63, 3.8) is 0 Å². The van der Waals surface area contributed by atoms with Crippen molar-refractivity contribution in [3.05, 3.63) is 5.69 Å². The molecule has 3 aliphatic rings. The molecule has 3 atom stereocenters. The van der Waals surface area contributed by atoms with Gasteiger partial charge in [-0.2, -0.15) is 4.98 Å². The molecule has 3 aliphatic heterocycles. The lowest BCUT2D eigenvalue weighted by molar-refractivity contribution is -0.146. The molecule has 2 N–H and O–H groups in total. The van der Waals surface area contributed by atoms with Crippen LogP contribution in [0.3, 0.4) is 0 Å². The van der Waals surface area contributed by atoms with Crippen molar-refractivity contribution < 1.29 is 14.3 Å². The van der Waals surface area contributed by atoms with Gasteiger partial charge in [0, 0.05) is 20.1 Å². The van der Waals surface area contributed by atoms with E-state index in [1.165, 1.54) is 0 Å². The monoisotopic (exact) mass is 402 g/mol. The number of aryl methyl sites for hydroxylation is 1. The topological polar surface area (TPSA) is 99.7 Å². The zero-order valence-electron chi connectivity index (χ0n) is 17.7. The van der Waals surface area contributed by atoms with Crippen LogP contribution in [-0.2, 0) is 14.3 Å². The van der Waals surface area contributed by atoms with Crippen LogP contribution in [0.1, 0.15) is 39.3 Å². The highest BCUT2D eigenvalue weighted by atomic mass is 16.5. The summed E-state index contributed by atoms with van der Waals surface area (Å²) in [6, 6.07) is -0.158. The minimum Gasteiger partial charge on any atom is -0.365 e. The number of rotatable bonds is 4. The molecule has 2 saturated heterocycles. The lowest BCUT2D eigenvalue weighted by Crippen LogP contribution is -2.59. The van der Waals surface area contributed by atoms with E-state index in [0.29, 0.717) is 24.7 Å². The Morgan fingerprint density at radius 2 is 2.00 bits per heavy atom. The van der Waals surface area contributed by atoms with Crippen LogP contribution in [0, 0.1) is 12.8 Å². The van der Waals surface area contributed by atoms with Crippen LogP contribution in [0.2, 0.25) is 0 Å². The summed E-state index contributed by atoms with van der Waals surface area (Å²) in [5.41, 5.74) is 1.39. The first-order valence-corrected chi connectivity index (χ1v) is 10.4. The van der Waals surface area contributed by atoms with Gasteiger partial charge in [0.05, 0.1) is 17.8 Å². The van der Waals surface area contributed by atoms with E-state index in [-0.39, 0.29) is 42.0 Å². The highest BCUT2D eigenvalue weighted by Gasteiger charge is 2.39. The lowest BCUT2D eigenvalue weighted by Gasteiger charge is -2.41. The number of nitrogens with zero attached hydrogens (tertiary/aromatic N) is 4. The molecule has 0 spiro atoms. The average molecular weight is 402 g/mol. The first kappa shape index (κ1) is 19.9. The van der Waals surface area contributed by atoms with Gasteiger partial charge in [0.1, 0.15) is 17.8 Å². The van der Waals surface area contributed by atoms with Crippen LogP contribution in [0.4, 0.5) is 17.5 Å². The number of hydrogen-bond acceptors (Lipinski definition) is 7. The number of fused-ring (bicyclic) bond motifs is 1. The average Bonchev–Trinajstić information content (AvgIpc) is 3.04. The fourth-order valence-corrected chi connectivity index (χ4v) is 4.40. The maximum Gasteiger partial charge on any atom is 0.251 e. The Morgan fingerprint density at radius 1 is 1.28 bits per heavy atom. The van der Waals surface area contributed by atoms with E-state index in [0.717, 1.165) is 24.4 Å². The van der Waals surface area contributed by atoms with Gasteiger partial charge in [-0.3, -0.25) is 9.59 Å². The molecular weight excluding hydrogens is 372 g/mol. The second-order valence-corrected chi connectivity index (χ2v) is 8.72. The molecule has 2 amide bonds. The van der Waals surface area contributed by atoms with E-state index in [1.807, 2.05) is 44.5 Å². The molecule has 0 radical (unpaired) electrons. The van der Waals surface area contributed by atoms with Crippen LogP contribution in [0.25, 0.3) is 0 Å². The minimum atomic E-state index is -0.293. The van der Waals surface area contributed by atoms with Gasteiger partial charge in [-0.1, -0.05) is 13.8 Å². The summed E-state index contributed by atoms with van der Waals surface area (Å²) in [5.74, 6) is 1.45. The first-order chi connectivity index (χ1) is 13.7. The molecular formula is C20H30N6O3. The van der Waals surface area contributed by atoms with Crippen LogP contribution < -0.4 is 15.5 Å². The Hall–Kier alpha value is -2.42. The van der Waals surface area contributed by atoms with E-state index >= 15 is 0 Å². The molecule has 158 valence electrons. The van der Waals surface area contributed by atoms with Crippen LogP contribution in [0.5, 0.6) is 0 Å². The third-order valence-electron chi connectivity index (χ3n) is 6.00. The van der Waals surface area contributed by atoms with E-state index in [4.69, 9.17) is 4.74 Å². The van der Waals surface area contributed by atoms with E-state index < -0.39 is 0 Å². The number of likely N-dealkylation sites (N-methyl/N-ethyl adjacent to an activating group) is 1. The van der Waals surface area contributed by atoms with Crippen LogP contribution >= 0.6 is 0 Å². The second kappa shape index (κ2) is 7.44. The van der Waals surface area contributed by atoms with Crippen molar-refractivity contribution in [2.75, 3.05) is 35.7 Å². The number of amides is 2. The smallest absolute Gasteiger partial charge is 0.251 e. The molecule has 4 heterocycles. The maximum absolute atomic E-state index is 12.5. The predicted octanol–water partition coefficient (Wildman–Crippen LogP) is 1.39. The summed E-state index contributed by atoms with van der Waals surface area (Å²) in [6.45, 7) is 9.15. The number of likely N-dealkylation sites (tertiary alicyclic amines) is 1. The van der Waals surface area contributed by atoms with Gasteiger partial charge in [0.25, 0.3) is 5.91 Å². The van der Waals surface area contributed by atoms with Crippen molar-refractivity contribution in [2.24, 2.45) is 5.92 Å². The molecule has 9 heteroatoms. The Kier molecular flexibility index (Phi) is 5.10. The van der Waals surface area contributed by atoms with Crippen LogP contribution in [0.15, 0.2) is 0 Å². The summed E-state index contributed by atoms with van der Waals surface area (Å²) < 4.78 is 5.68. The number of aromatic nitrogens is 2. The van der Waals surface area contributed by atoms with Gasteiger partial charge in [-0.25, -0.2) is 4.98 Å². The Balaban J connectivity index is 1.42. The van der Waals surface area contributed by atoms with Crippen molar-refractivity contribution >= 4 is 29.3 Å². The van der Waals surface area contributed by atoms with Gasteiger partial charge >= 0.3 is 0 Å². The minimum absolute atomic E-state index is 0.0287. The Morgan fingerprint density at radius 3 is 2.62 bits per heavy atom. The van der Waals surface area contributed by atoms with Gasteiger partial charge in [0.2, 0.25) is 11.9 Å². The van der Waals surface area contributed by atoms with Crippen molar-refractivity contribution in [3.8, 4) is 0 Å². The van der Waals surface area contributed by atoms with E-state index in [2.05, 4.69) is 20.6 Å². The summed E-state index contributed by atoms with van der Waals surface area (Å²) in [5, 5.41) is 6.29. The fraction of sp³-hybridized carbons (Fsp3) is 0.700. The van der Waals surface area contributed by atoms with Gasteiger partial charge < -0.3 is 25.2 Å². The Labute approximate surface area is 171 Å². The first-order valence-electron chi connectivity index (χ1n) is 10.4. The standard InChI is InChI=1S/C20H30N6O3/c1-10(2)16-18(27)23-15-12(4)21-20(24-17(15)25(16)5)22-13-8-26(9-13)19(28)14-7-6-11(3)29-14/h10-11,13-14,16H,6-9H2,1-5H3,(H,23,27)(H,21,22,24). The number of nitrogens with one attached hydrogen (secondary N) is 2. The van der Waals surface area contributed by atoms with Crippen LogP contribution in [-0.4, -0.2) is 71.1 Å². The largest absolute Gasteiger partial charge is 0.365 e. The molecule has 1 aromatic heterocycles.